The zero-order chi connectivity index (χ0) is 17.6. The molecule has 6 heteroatoms. The maximum absolute atomic E-state index is 12.2. The maximum atomic E-state index is 12.2. The summed E-state index contributed by atoms with van der Waals surface area (Å²) < 4.78 is 5.17. The summed E-state index contributed by atoms with van der Waals surface area (Å²) in [6, 6.07) is 8.68. The van der Waals surface area contributed by atoms with Crippen molar-refractivity contribution in [2.45, 2.75) is 19.3 Å². The van der Waals surface area contributed by atoms with Gasteiger partial charge < -0.3 is 20.4 Å². The quantitative estimate of drug-likeness (QED) is 0.820. The number of hydrogen-bond acceptors (Lipinski definition) is 4. The minimum absolute atomic E-state index is 0.295. The third-order valence-electron chi connectivity index (χ3n) is 4.18. The standard InChI is InChI=1S/C19H21N3O3/c20-19(24)14-6-8-17(22-10-2-1-3-11-22)16(13-14)21-18(23)9-7-15-5-4-12-25-15/h4-9,12-13H,1-3,10-11H2,(H2,20,24)(H,21,23)/b9-7+. The van der Waals surface area contributed by atoms with Crippen LogP contribution in [0.4, 0.5) is 11.4 Å². The molecule has 130 valence electrons. The molecule has 25 heavy (non-hydrogen) atoms. The molecule has 3 N–H and O–H groups in total. The lowest BCUT2D eigenvalue weighted by Gasteiger charge is -2.30. The average molecular weight is 339 g/mol. The Morgan fingerprint density at radius 3 is 2.64 bits per heavy atom. The predicted molar refractivity (Wildman–Crippen MR) is 97.4 cm³/mol. The maximum Gasteiger partial charge on any atom is 0.248 e. The van der Waals surface area contributed by atoms with Gasteiger partial charge in [0.25, 0.3) is 0 Å². The van der Waals surface area contributed by atoms with Crippen molar-refractivity contribution in [1.82, 2.24) is 0 Å². The fraction of sp³-hybridized carbons (Fsp3) is 0.263. The lowest BCUT2D eigenvalue weighted by molar-refractivity contribution is -0.111. The zero-order valence-corrected chi connectivity index (χ0v) is 13.9. The van der Waals surface area contributed by atoms with Gasteiger partial charge in [0.1, 0.15) is 5.76 Å². The highest BCUT2D eigenvalue weighted by atomic mass is 16.3. The fourth-order valence-corrected chi connectivity index (χ4v) is 2.92. The summed E-state index contributed by atoms with van der Waals surface area (Å²) in [7, 11) is 0. The molecule has 0 aliphatic carbocycles. The first-order chi connectivity index (χ1) is 12.1. The lowest BCUT2D eigenvalue weighted by Crippen LogP contribution is -2.30. The van der Waals surface area contributed by atoms with Gasteiger partial charge in [0.05, 0.1) is 17.6 Å². The predicted octanol–water partition coefficient (Wildman–Crippen LogP) is 3.02. The van der Waals surface area contributed by atoms with Gasteiger partial charge in [-0.1, -0.05) is 0 Å². The summed E-state index contributed by atoms with van der Waals surface area (Å²) >= 11 is 0. The lowest BCUT2D eigenvalue weighted by atomic mass is 10.1. The van der Waals surface area contributed by atoms with Gasteiger partial charge in [-0.15, -0.1) is 0 Å². The summed E-state index contributed by atoms with van der Waals surface area (Å²) in [4.78, 5) is 25.9. The van der Waals surface area contributed by atoms with Crippen molar-refractivity contribution < 1.29 is 14.0 Å². The average Bonchev–Trinajstić information content (AvgIpc) is 3.14. The number of hydrogen-bond donors (Lipinski definition) is 2. The summed E-state index contributed by atoms with van der Waals surface area (Å²) in [6.45, 7) is 1.86. The van der Waals surface area contributed by atoms with Gasteiger partial charge in [0.2, 0.25) is 11.8 Å². The molecule has 0 unspecified atom stereocenters. The molecule has 1 aromatic carbocycles. The van der Waals surface area contributed by atoms with Crippen LogP contribution in [0.1, 0.15) is 35.4 Å². The zero-order valence-electron chi connectivity index (χ0n) is 13.9. The largest absolute Gasteiger partial charge is 0.465 e. The van der Waals surface area contributed by atoms with Crippen LogP contribution in [0, 0.1) is 0 Å². The highest BCUT2D eigenvalue weighted by Crippen LogP contribution is 2.29. The number of nitrogens with one attached hydrogen (secondary N) is 1. The number of nitrogens with two attached hydrogens (primary N) is 1. The Bertz CT molecular complexity index is 775. The van der Waals surface area contributed by atoms with Gasteiger partial charge in [0.15, 0.2) is 0 Å². The third-order valence-corrected chi connectivity index (χ3v) is 4.18. The minimum atomic E-state index is -0.521. The van der Waals surface area contributed by atoms with Gasteiger partial charge in [-0.25, -0.2) is 0 Å². The molecule has 3 rings (SSSR count). The van der Waals surface area contributed by atoms with E-state index in [-0.39, 0.29) is 5.91 Å². The Hall–Kier alpha value is -3.02. The van der Waals surface area contributed by atoms with Crippen LogP contribution < -0.4 is 16.0 Å². The second-order valence-corrected chi connectivity index (χ2v) is 5.98. The van der Waals surface area contributed by atoms with Crippen LogP contribution in [0.25, 0.3) is 6.08 Å². The van der Waals surface area contributed by atoms with Gasteiger partial charge in [-0.05, 0) is 55.7 Å². The highest BCUT2D eigenvalue weighted by molar-refractivity contribution is 6.05. The van der Waals surface area contributed by atoms with Crippen molar-refractivity contribution >= 4 is 29.3 Å². The van der Waals surface area contributed by atoms with E-state index in [2.05, 4.69) is 10.2 Å². The van der Waals surface area contributed by atoms with Crippen molar-refractivity contribution in [2.24, 2.45) is 5.73 Å². The van der Waals surface area contributed by atoms with Crippen molar-refractivity contribution in [3.63, 3.8) is 0 Å². The number of primary amides is 1. The second-order valence-electron chi connectivity index (χ2n) is 5.98. The molecule has 0 bridgehead atoms. The number of anilines is 2. The van der Waals surface area contributed by atoms with E-state index in [1.54, 1.807) is 36.6 Å². The summed E-state index contributed by atoms with van der Waals surface area (Å²) in [6.07, 6.45) is 7.97. The van der Waals surface area contributed by atoms with Crippen LogP contribution in [0.5, 0.6) is 0 Å². The SMILES string of the molecule is NC(=O)c1ccc(N2CCCCC2)c(NC(=O)/C=C/c2ccco2)c1. The fourth-order valence-electron chi connectivity index (χ4n) is 2.92. The summed E-state index contributed by atoms with van der Waals surface area (Å²) in [5.41, 5.74) is 7.24. The van der Waals surface area contributed by atoms with Crippen molar-refractivity contribution in [2.75, 3.05) is 23.3 Å². The number of nitrogens with zero attached hydrogens (tertiary/aromatic N) is 1. The van der Waals surface area contributed by atoms with E-state index in [9.17, 15) is 9.59 Å². The molecule has 0 radical (unpaired) electrons. The molecule has 1 fully saturated rings. The Labute approximate surface area is 146 Å². The first-order valence-electron chi connectivity index (χ1n) is 8.35. The smallest absolute Gasteiger partial charge is 0.248 e. The molecule has 2 aromatic rings. The molecule has 2 amide bonds. The Balaban J connectivity index is 1.82. The van der Waals surface area contributed by atoms with Gasteiger partial charge in [-0.3, -0.25) is 9.59 Å². The number of furan rings is 1. The molecule has 0 spiro atoms. The van der Waals surface area contributed by atoms with E-state index in [0.717, 1.165) is 31.6 Å². The highest BCUT2D eigenvalue weighted by Gasteiger charge is 2.17. The van der Waals surface area contributed by atoms with Crippen LogP contribution in [0.15, 0.2) is 47.1 Å². The Morgan fingerprint density at radius 1 is 1.16 bits per heavy atom. The van der Waals surface area contributed by atoms with Gasteiger partial charge in [0, 0.05) is 24.7 Å². The summed E-state index contributed by atoms with van der Waals surface area (Å²) in [5, 5.41) is 2.85. The third kappa shape index (κ3) is 4.29. The van der Waals surface area contributed by atoms with Crippen molar-refractivity contribution in [3.8, 4) is 0 Å². The van der Waals surface area contributed by atoms with Crippen LogP contribution in [0.2, 0.25) is 0 Å². The van der Waals surface area contributed by atoms with E-state index < -0.39 is 5.91 Å². The monoisotopic (exact) mass is 339 g/mol. The molecule has 0 saturated carbocycles. The molecular weight excluding hydrogens is 318 g/mol. The molecule has 1 aromatic heterocycles. The normalized spacial score (nSPS) is 14.6. The van der Waals surface area contributed by atoms with Gasteiger partial charge in [-0.2, -0.15) is 0 Å². The summed E-state index contributed by atoms with van der Waals surface area (Å²) in [5.74, 6) is -0.222. The topological polar surface area (TPSA) is 88.6 Å². The first kappa shape index (κ1) is 16.8. The number of benzene rings is 1. The first-order valence-corrected chi connectivity index (χ1v) is 8.35. The second kappa shape index (κ2) is 7.70. The van der Waals surface area contributed by atoms with E-state index in [1.165, 1.54) is 12.5 Å². The van der Waals surface area contributed by atoms with Crippen LogP contribution in [-0.4, -0.2) is 24.9 Å². The van der Waals surface area contributed by atoms with E-state index in [0.29, 0.717) is 17.0 Å². The van der Waals surface area contributed by atoms with Crippen molar-refractivity contribution in [1.29, 1.82) is 0 Å². The van der Waals surface area contributed by atoms with Crippen molar-refractivity contribution in [3.05, 3.63) is 54.0 Å². The molecule has 0 atom stereocenters. The molecule has 6 nitrogen and oxygen atoms in total. The van der Waals surface area contributed by atoms with E-state index >= 15 is 0 Å². The molecular formula is C19H21N3O3. The molecule has 1 saturated heterocycles. The van der Waals surface area contributed by atoms with E-state index in [1.807, 2.05) is 6.07 Å². The van der Waals surface area contributed by atoms with Crippen LogP contribution in [-0.2, 0) is 4.79 Å². The number of rotatable bonds is 5. The molecule has 1 aliphatic rings. The number of piperidine rings is 1. The van der Waals surface area contributed by atoms with Gasteiger partial charge >= 0.3 is 0 Å². The Kier molecular flexibility index (Phi) is 5.18. The number of carbonyl (C=O) groups excluding carboxylic acids is 2. The minimum Gasteiger partial charge on any atom is -0.465 e. The van der Waals surface area contributed by atoms with Crippen LogP contribution in [0.3, 0.4) is 0 Å². The molecule has 1 aliphatic heterocycles. The van der Waals surface area contributed by atoms with E-state index in [4.69, 9.17) is 10.2 Å². The van der Waals surface area contributed by atoms with Crippen LogP contribution >= 0.6 is 0 Å². The molecule has 2 heterocycles. The number of amides is 2. The number of carbonyl (C=O) groups is 2. The Morgan fingerprint density at radius 2 is 1.96 bits per heavy atom.